The van der Waals surface area contributed by atoms with E-state index in [4.69, 9.17) is 9.47 Å². The maximum Gasteiger partial charge on any atom is 0.219 e. The van der Waals surface area contributed by atoms with Crippen LogP contribution in [-0.2, 0) is 0 Å². The van der Waals surface area contributed by atoms with Crippen molar-refractivity contribution in [2.75, 3.05) is 14.2 Å². The van der Waals surface area contributed by atoms with E-state index in [0.29, 0.717) is 5.75 Å². The Morgan fingerprint density at radius 3 is 2.48 bits per heavy atom. The summed E-state index contributed by atoms with van der Waals surface area (Å²) in [7, 11) is 3.22. The molecule has 0 fully saturated rings. The van der Waals surface area contributed by atoms with Crippen molar-refractivity contribution in [2.24, 2.45) is 0 Å². The molecule has 2 aromatic heterocycles. The van der Waals surface area contributed by atoms with Gasteiger partial charge >= 0.3 is 0 Å². The molecule has 0 bridgehead atoms. The van der Waals surface area contributed by atoms with Crippen molar-refractivity contribution in [2.45, 2.75) is 0 Å². The van der Waals surface area contributed by atoms with E-state index < -0.39 is 0 Å². The molecule has 4 rings (SSSR count). The van der Waals surface area contributed by atoms with Crippen LogP contribution in [0.3, 0.4) is 0 Å². The Labute approximate surface area is 133 Å². The highest BCUT2D eigenvalue weighted by molar-refractivity contribution is 5.99. The van der Waals surface area contributed by atoms with Gasteiger partial charge < -0.3 is 14.6 Å². The van der Waals surface area contributed by atoms with Crippen LogP contribution >= 0.6 is 0 Å². The summed E-state index contributed by atoms with van der Waals surface area (Å²) in [6.07, 6.45) is 3.90. The fourth-order valence-electron chi connectivity index (χ4n) is 3.00. The van der Waals surface area contributed by atoms with Gasteiger partial charge in [-0.2, -0.15) is 4.40 Å². The fraction of sp³-hybridized carbons (Fsp3) is 0.105. The Hall–Kier alpha value is -3.01. The van der Waals surface area contributed by atoms with Gasteiger partial charge in [0, 0.05) is 12.1 Å². The lowest BCUT2D eigenvalue weighted by Gasteiger charge is -2.07. The highest BCUT2D eigenvalue weighted by Crippen LogP contribution is 2.34. The van der Waals surface area contributed by atoms with E-state index in [1.54, 1.807) is 20.3 Å². The second kappa shape index (κ2) is 5.02. The molecule has 4 nitrogen and oxygen atoms in total. The smallest absolute Gasteiger partial charge is 0.219 e. The molecule has 0 amide bonds. The van der Waals surface area contributed by atoms with Crippen molar-refractivity contribution >= 4 is 27.1 Å². The van der Waals surface area contributed by atoms with Gasteiger partial charge in [0.2, 0.25) is 5.52 Å². The molecule has 0 spiro atoms. The lowest BCUT2D eigenvalue weighted by Crippen LogP contribution is -2.20. The van der Waals surface area contributed by atoms with E-state index in [1.165, 1.54) is 0 Å². The Kier molecular flexibility index (Phi) is 2.98. The van der Waals surface area contributed by atoms with Crippen molar-refractivity contribution in [3.05, 3.63) is 54.9 Å². The Morgan fingerprint density at radius 1 is 0.870 bits per heavy atom. The van der Waals surface area contributed by atoms with Gasteiger partial charge in [0.1, 0.15) is 5.75 Å². The summed E-state index contributed by atoms with van der Waals surface area (Å²) in [5.41, 5.74) is 1.07. The largest absolute Gasteiger partial charge is 0.504 e. The van der Waals surface area contributed by atoms with Crippen molar-refractivity contribution in [3.8, 4) is 17.2 Å². The molecule has 23 heavy (non-hydrogen) atoms. The van der Waals surface area contributed by atoms with Crippen LogP contribution in [0.4, 0.5) is 0 Å². The van der Waals surface area contributed by atoms with Gasteiger partial charge in [0.15, 0.2) is 23.9 Å². The first-order chi connectivity index (χ1) is 11.2. The zero-order valence-electron chi connectivity index (χ0n) is 12.9. The molecule has 0 radical (unpaired) electrons. The second-order valence-electron chi connectivity index (χ2n) is 5.45. The summed E-state index contributed by atoms with van der Waals surface area (Å²) in [6, 6.07) is 13.9. The SMILES string of the molecule is COc1ccc2c(cc[n+]3cc4c(O)c(OC)ccc4cc23)c1. The van der Waals surface area contributed by atoms with Crippen LogP contribution in [-0.4, -0.2) is 19.3 Å². The summed E-state index contributed by atoms with van der Waals surface area (Å²) in [5.74, 6) is 1.47. The minimum atomic E-state index is 0.161. The maximum absolute atomic E-state index is 10.3. The number of ether oxygens (including phenoxy) is 2. The van der Waals surface area contributed by atoms with Crippen molar-refractivity contribution in [3.63, 3.8) is 0 Å². The Balaban J connectivity index is 2.09. The number of phenolic OH excluding ortho intramolecular Hbond substituents is 1. The number of pyridine rings is 2. The number of methoxy groups -OCH3 is 2. The third kappa shape index (κ3) is 2.03. The van der Waals surface area contributed by atoms with Crippen LogP contribution in [0.15, 0.2) is 54.9 Å². The van der Waals surface area contributed by atoms with E-state index in [0.717, 1.165) is 32.8 Å². The fourth-order valence-corrected chi connectivity index (χ4v) is 3.00. The summed E-state index contributed by atoms with van der Waals surface area (Å²) in [6.45, 7) is 0. The molecule has 4 heteroatoms. The van der Waals surface area contributed by atoms with Gasteiger partial charge in [0.25, 0.3) is 0 Å². The van der Waals surface area contributed by atoms with Gasteiger partial charge in [0.05, 0.1) is 25.0 Å². The number of benzene rings is 2. The minimum Gasteiger partial charge on any atom is -0.504 e. The molecule has 2 aromatic carbocycles. The van der Waals surface area contributed by atoms with E-state index in [2.05, 4.69) is 12.1 Å². The first kappa shape index (κ1) is 13.6. The van der Waals surface area contributed by atoms with Gasteiger partial charge in [-0.05, 0) is 41.1 Å². The number of fused-ring (bicyclic) bond motifs is 4. The molecule has 1 N–H and O–H groups in total. The summed E-state index contributed by atoms with van der Waals surface area (Å²) in [4.78, 5) is 0. The number of aromatic nitrogens is 1. The lowest BCUT2D eigenvalue weighted by molar-refractivity contribution is -0.509. The van der Waals surface area contributed by atoms with Crippen molar-refractivity contribution < 1.29 is 19.0 Å². The predicted octanol–water partition coefficient (Wildman–Crippen LogP) is 3.45. The monoisotopic (exact) mass is 306 g/mol. The first-order valence-corrected chi connectivity index (χ1v) is 7.33. The summed E-state index contributed by atoms with van der Waals surface area (Å²) < 4.78 is 12.5. The molecular weight excluding hydrogens is 290 g/mol. The summed E-state index contributed by atoms with van der Waals surface area (Å²) >= 11 is 0. The third-order valence-electron chi connectivity index (χ3n) is 4.22. The molecule has 0 atom stereocenters. The molecular formula is C19H16NO3+. The maximum atomic E-state index is 10.3. The number of hydrogen-bond acceptors (Lipinski definition) is 3. The van der Waals surface area contributed by atoms with Crippen LogP contribution in [0.25, 0.3) is 27.1 Å². The highest BCUT2D eigenvalue weighted by atomic mass is 16.5. The van der Waals surface area contributed by atoms with E-state index >= 15 is 0 Å². The molecule has 0 unspecified atom stereocenters. The third-order valence-corrected chi connectivity index (χ3v) is 4.22. The number of aromatic hydroxyl groups is 1. The highest BCUT2D eigenvalue weighted by Gasteiger charge is 2.14. The minimum absolute atomic E-state index is 0.161. The van der Waals surface area contributed by atoms with Gasteiger partial charge in [-0.1, -0.05) is 0 Å². The molecule has 0 saturated carbocycles. The molecule has 114 valence electrons. The van der Waals surface area contributed by atoms with Crippen LogP contribution < -0.4 is 13.9 Å². The van der Waals surface area contributed by atoms with Crippen LogP contribution in [0.1, 0.15) is 0 Å². The lowest BCUT2D eigenvalue weighted by atomic mass is 10.1. The quantitative estimate of drug-likeness (QED) is 0.350. The summed E-state index contributed by atoms with van der Waals surface area (Å²) in [5, 5.41) is 14.3. The zero-order valence-corrected chi connectivity index (χ0v) is 12.9. The standard InChI is InChI=1S/C19H15NO3/c1-22-14-4-5-15-13(9-14)7-8-20-11-16-12(10-17(15)20)3-6-18(23-2)19(16)21/h3-11H,1-2H3/p+1. The van der Waals surface area contributed by atoms with E-state index in [9.17, 15) is 5.11 Å². The molecule has 0 aliphatic heterocycles. The van der Waals surface area contributed by atoms with E-state index in [-0.39, 0.29) is 5.75 Å². The average molecular weight is 306 g/mol. The molecule has 2 heterocycles. The normalized spacial score (nSPS) is 11.2. The van der Waals surface area contributed by atoms with Crippen LogP contribution in [0, 0.1) is 0 Å². The van der Waals surface area contributed by atoms with E-state index in [1.807, 2.05) is 41.1 Å². The molecule has 0 saturated heterocycles. The van der Waals surface area contributed by atoms with Crippen molar-refractivity contribution in [1.82, 2.24) is 0 Å². The van der Waals surface area contributed by atoms with Crippen LogP contribution in [0.2, 0.25) is 0 Å². The first-order valence-electron chi connectivity index (χ1n) is 7.33. The molecule has 4 aromatic rings. The van der Waals surface area contributed by atoms with Crippen molar-refractivity contribution in [1.29, 1.82) is 0 Å². The van der Waals surface area contributed by atoms with Crippen LogP contribution in [0.5, 0.6) is 17.2 Å². The topological polar surface area (TPSA) is 42.8 Å². The van der Waals surface area contributed by atoms with Gasteiger partial charge in [-0.15, -0.1) is 0 Å². The number of nitrogens with zero attached hydrogens (tertiary/aromatic N) is 1. The molecule has 0 aliphatic rings. The number of phenols is 1. The average Bonchev–Trinajstić information content (AvgIpc) is 2.60. The zero-order chi connectivity index (χ0) is 16.0. The molecule has 0 aliphatic carbocycles. The number of hydrogen-bond donors (Lipinski definition) is 1. The Morgan fingerprint density at radius 2 is 1.70 bits per heavy atom. The predicted molar refractivity (Wildman–Crippen MR) is 89.4 cm³/mol. The van der Waals surface area contributed by atoms with Gasteiger partial charge in [-0.3, -0.25) is 0 Å². The number of rotatable bonds is 2. The Bertz CT molecular complexity index is 1060. The van der Waals surface area contributed by atoms with Gasteiger partial charge in [-0.25, -0.2) is 0 Å². The second-order valence-corrected chi connectivity index (χ2v) is 5.45.